The molecule has 3 heterocycles. The van der Waals surface area contributed by atoms with Gasteiger partial charge in [-0.05, 0) is 56.4 Å². The van der Waals surface area contributed by atoms with Gasteiger partial charge in [0.15, 0.2) is 0 Å². The van der Waals surface area contributed by atoms with Crippen LogP contribution in [0.25, 0.3) is 0 Å². The van der Waals surface area contributed by atoms with Crippen LogP contribution in [0.5, 0.6) is 0 Å². The van der Waals surface area contributed by atoms with Crippen LogP contribution >= 0.6 is 0 Å². The van der Waals surface area contributed by atoms with Gasteiger partial charge in [-0.15, -0.1) is 0 Å². The zero-order valence-electron chi connectivity index (χ0n) is 14.9. The maximum atomic E-state index is 13.3. The van der Waals surface area contributed by atoms with Gasteiger partial charge < -0.3 is 10.2 Å². The predicted molar refractivity (Wildman–Crippen MR) is 96.7 cm³/mol. The molecule has 1 atom stereocenters. The van der Waals surface area contributed by atoms with Gasteiger partial charge >= 0.3 is 0 Å². The van der Waals surface area contributed by atoms with E-state index in [0.717, 1.165) is 48.7 Å². The highest BCUT2D eigenvalue weighted by atomic mass is 16.2. The molecule has 2 aliphatic rings. The lowest BCUT2D eigenvalue weighted by atomic mass is 10.1. The van der Waals surface area contributed by atoms with E-state index in [4.69, 9.17) is 0 Å². The molecule has 1 unspecified atom stereocenters. The molecule has 132 valence electrons. The number of amides is 1. The number of carbonyl (C=O) groups is 1. The molecule has 1 N–H and O–H groups in total. The number of nitrogens with one attached hydrogen (secondary N) is 1. The van der Waals surface area contributed by atoms with Crippen molar-refractivity contribution in [3.63, 3.8) is 0 Å². The molecule has 6 nitrogen and oxygen atoms in total. The Morgan fingerprint density at radius 1 is 1.32 bits per heavy atom. The maximum absolute atomic E-state index is 13.3. The molecule has 1 aliphatic heterocycles. The lowest BCUT2D eigenvalue weighted by molar-refractivity contribution is 0.0723. The Labute approximate surface area is 148 Å². The standard InChI is InChI=1S/C19H25N5O/c1-3-24-17(12-15(22-24)13-6-7-13)19(25)23-10-4-5-16(23)14-8-9-21-18(11-14)20-2/h8-9,11-13,16H,3-7,10H2,1-2H3,(H,20,21). The molecule has 0 bridgehead atoms. The van der Waals surface area contributed by atoms with Gasteiger partial charge in [0.05, 0.1) is 11.7 Å². The normalized spacial score (nSPS) is 20.1. The van der Waals surface area contributed by atoms with Crippen molar-refractivity contribution in [2.24, 2.45) is 0 Å². The maximum Gasteiger partial charge on any atom is 0.272 e. The number of likely N-dealkylation sites (tertiary alicyclic amines) is 1. The SMILES string of the molecule is CCn1nc(C2CC2)cc1C(=O)N1CCCC1c1ccnc(NC)c1. The van der Waals surface area contributed by atoms with Gasteiger partial charge in [0.2, 0.25) is 0 Å². The molecule has 0 spiro atoms. The molecule has 2 aromatic heterocycles. The second-order valence-corrected chi connectivity index (χ2v) is 6.93. The molecule has 0 aromatic carbocycles. The Balaban J connectivity index is 1.62. The minimum absolute atomic E-state index is 0.103. The van der Waals surface area contributed by atoms with Crippen molar-refractivity contribution >= 4 is 11.7 Å². The number of carbonyl (C=O) groups excluding carboxylic acids is 1. The molecule has 6 heteroatoms. The number of hydrogen-bond acceptors (Lipinski definition) is 4. The van der Waals surface area contributed by atoms with Crippen LogP contribution < -0.4 is 5.32 Å². The van der Waals surface area contributed by atoms with E-state index in [1.54, 1.807) is 0 Å². The number of anilines is 1. The highest BCUT2D eigenvalue weighted by Gasteiger charge is 2.34. The third-order valence-electron chi connectivity index (χ3n) is 5.25. The second-order valence-electron chi connectivity index (χ2n) is 6.93. The molecular weight excluding hydrogens is 314 g/mol. The third-order valence-corrected chi connectivity index (χ3v) is 5.25. The number of nitrogens with zero attached hydrogens (tertiary/aromatic N) is 4. The van der Waals surface area contributed by atoms with Gasteiger partial charge in [0.1, 0.15) is 11.5 Å². The van der Waals surface area contributed by atoms with Crippen LogP contribution in [0, 0.1) is 0 Å². The van der Waals surface area contributed by atoms with Crippen LogP contribution in [-0.4, -0.2) is 39.2 Å². The molecule has 1 aliphatic carbocycles. The number of pyridine rings is 1. The average molecular weight is 339 g/mol. The van der Waals surface area contributed by atoms with Crippen LogP contribution in [0.3, 0.4) is 0 Å². The van der Waals surface area contributed by atoms with Crippen LogP contribution in [0.1, 0.15) is 66.3 Å². The summed E-state index contributed by atoms with van der Waals surface area (Å²) in [6, 6.07) is 6.20. The summed E-state index contributed by atoms with van der Waals surface area (Å²) < 4.78 is 1.87. The van der Waals surface area contributed by atoms with E-state index < -0.39 is 0 Å². The molecule has 25 heavy (non-hydrogen) atoms. The van der Waals surface area contributed by atoms with Crippen LogP contribution in [0.2, 0.25) is 0 Å². The van der Waals surface area contributed by atoms with Crippen LogP contribution in [0.15, 0.2) is 24.4 Å². The van der Waals surface area contributed by atoms with Crippen molar-refractivity contribution in [1.82, 2.24) is 19.7 Å². The Morgan fingerprint density at radius 2 is 2.16 bits per heavy atom. The van der Waals surface area contributed by atoms with Gasteiger partial charge in [-0.3, -0.25) is 9.48 Å². The van der Waals surface area contributed by atoms with Gasteiger partial charge in [0.25, 0.3) is 5.91 Å². The zero-order chi connectivity index (χ0) is 17.4. The molecule has 4 rings (SSSR count). The van der Waals surface area contributed by atoms with Crippen molar-refractivity contribution < 1.29 is 4.79 Å². The van der Waals surface area contributed by atoms with E-state index in [9.17, 15) is 4.79 Å². The number of hydrogen-bond donors (Lipinski definition) is 1. The topological polar surface area (TPSA) is 63.1 Å². The summed E-state index contributed by atoms with van der Waals surface area (Å²) in [5.74, 6) is 1.50. The van der Waals surface area contributed by atoms with Crippen molar-refractivity contribution in [1.29, 1.82) is 0 Å². The van der Waals surface area contributed by atoms with Crippen molar-refractivity contribution in [2.45, 2.75) is 51.1 Å². The summed E-state index contributed by atoms with van der Waals surface area (Å²) in [7, 11) is 1.86. The van der Waals surface area contributed by atoms with Crippen LogP contribution in [-0.2, 0) is 6.54 Å². The van der Waals surface area contributed by atoms with Gasteiger partial charge in [-0.25, -0.2) is 4.98 Å². The van der Waals surface area contributed by atoms with E-state index in [2.05, 4.69) is 15.4 Å². The summed E-state index contributed by atoms with van der Waals surface area (Å²) in [4.78, 5) is 19.5. The number of aryl methyl sites for hydroxylation is 1. The quantitative estimate of drug-likeness (QED) is 0.909. The Bertz CT molecular complexity index is 780. The Kier molecular flexibility index (Phi) is 4.19. The first kappa shape index (κ1) is 16.1. The van der Waals surface area contributed by atoms with E-state index >= 15 is 0 Å². The smallest absolute Gasteiger partial charge is 0.272 e. The predicted octanol–water partition coefficient (Wildman–Crippen LogP) is 3.19. The summed E-state index contributed by atoms with van der Waals surface area (Å²) in [6.45, 7) is 3.57. The first-order chi connectivity index (χ1) is 12.2. The minimum atomic E-state index is 0.103. The fourth-order valence-corrected chi connectivity index (χ4v) is 3.72. The van der Waals surface area contributed by atoms with E-state index in [1.165, 1.54) is 12.8 Å². The van der Waals surface area contributed by atoms with E-state index in [0.29, 0.717) is 5.92 Å². The third kappa shape index (κ3) is 3.01. The van der Waals surface area contributed by atoms with Crippen molar-refractivity contribution in [3.05, 3.63) is 41.3 Å². The fourth-order valence-electron chi connectivity index (χ4n) is 3.72. The summed E-state index contributed by atoms with van der Waals surface area (Å²) >= 11 is 0. The Morgan fingerprint density at radius 3 is 2.88 bits per heavy atom. The average Bonchev–Trinajstić information content (AvgIpc) is 3.23. The van der Waals surface area contributed by atoms with Crippen molar-refractivity contribution in [3.8, 4) is 0 Å². The first-order valence-corrected chi connectivity index (χ1v) is 9.23. The fraction of sp³-hybridized carbons (Fsp3) is 0.526. The highest BCUT2D eigenvalue weighted by molar-refractivity contribution is 5.93. The molecule has 1 saturated carbocycles. The van der Waals surface area contributed by atoms with Gasteiger partial charge in [-0.2, -0.15) is 5.10 Å². The van der Waals surface area contributed by atoms with E-state index in [1.807, 2.05) is 47.9 Å². The molecule has 1 amide bonds. The van der Waals surface area contributed by atoms with Crippen LogP contribution in [0.4, 0.5) is 5.82 Å². The monoisotopic (exact) mass is 339 g/mol. The number of rotatable bonds is 5. The minimum Gasteiger partial charge on any atom is -0.373 e. The van der Waals surface area contributed by atoms with Gasteiger partial charge in [0, 0.05) is 32.3 Å². The van der Waals surface area contributed by atoms with E-state index in [-0.39, 0.29) is 11.9 Å². The van der Waals surface area contributed by atoms with Gasteiger partial charge in [-0.1, -0.05) is 0 Å². The summed E-state index contributed by atoms with van der Waals surface area (Å²) in [5, 5.41) is 7.74. The first-order valence-electron chi connectivity index (χ1n) is 9.23. The van der Waals surface area contributed by atoms with Crippen molar-refractivity contribution in [2.75, 3.05) is 18.9 Å². The lowest BCUT2D eigenvalue weighted by Crippen LogP contribution is -2.32. The highest BCUT2D eigenvalue weighted by Crippen LogP contribution is 2.40. The molecule has 2 fully saturated rings. The number of aromatic nitrogens is 3. The zero-order valence-corrected chi connectivity index (χ0v) is 14.9. The molecule has 2 aromatic rings. The largest absolute Gasteiger partial charge is 0.373 e. The molecule has 0 radical (unpaired) electrons. The Hall–Kier alpha value is -2.37. The summed E-state index contributed by atoms with van der Waals surface area (Å²) in [5.41, 5.74) is 2.97. The lowest BCUT2D eigenvalue weighted by Gasteiger charge is -2.25. The summed E-state index contributed by atoms with van der Waals surface area (Å²) in [6.07, 6.45) is 6.23. The molecule has 1 saturated heterocycles. The second kappa shape index (κ2) is 6.50. The molecular formula is C19H25N5O.